The van der Waals surface area contributed by atoms with E-state index in [9.17, 15) is 4.79 Å². The molecule has 2 N–H and O–H groups in total. The SMILES string of the molecule is Cc1ccc(OCC2CCNCC2)c(CC(=O)O)c1. The van der Waals surface area contributed by atoms with Gasteiger partial charge in [0.25, 0.3) is 0 Å². The largest absolute Gasteiger partial charge is 0.493 e. The van der Waals surface area contributed by atoms with Gasteiger partial charge in [0.15, 0.2) is 0 Å². The van der Waals surface area contributed by atoms with Crippen molar-refractivity contribution in [3.05, 3.63) is 29.3 Å². The number of aliphatic carboxylic acids is 1. The highest BCUT2D eigenvalue weighted by molar-refractivity contribution is 5.71. The Hall–Kier alpha value is -1.55. The van der Waals surface area contributed by atoms with Gasteiger partial charge in [0, 0.05) is 5.56 Å². The number of carbonyl (C=O) groups is 1. The highest BCUT2D eigenvalue weighted by Gasteiger charge is 2.15. The smallest absolute Gasteiger partial charge is 0.307 e. The van der Waals surface area contributed by atoms with Crippen LogP contribution in [0.2, 0.25) is 0 Å². The number of ether oxygens (including phenoxy) is 1. The molecule has 1 aromatic rings. The van der Waals surface area contributed by atoms with Crippen LogP contribution in [0.15, 0.2) is 18.2 Å². The number of hydrogen-bond donors (Lipinski definition) is 2. The first-order chi connectivity index (χ1) is 9.15. The van der Waals surface area contributed by atoms with Crippen molar-refractivity contribution in [1.29, 1.82) is 0 Å². The van der Waals surface area contributed by atoms with Crippen LogP contribution in [-0.2, 0) is 11.2 Å². The van der Waals surface area contributed by atoms with E-state index in [4.69, 9.17) is 9.84 Å². The molecular formula is C15H21NO3. The molecule has 1 aliphatic heterocycles. The third-order valence-electron chi connectivity index (χ3n) is 3.49. The molecule has 0 radical (unpaired) electrons. The normalized spacial score (nSPS) is 16.3. The van der Waals surface area contributed by atoms with Crippen LogP contribution < -0.4 is 10.1 Å². The molecule has 0 atom stereocenters. The fourth-order valence-electron chi connectivity index (χ4n) is 2.41. The highest BCUT2D eigenvalue weighted by atomic mass is 16.5. The summed E-state index contributed by atoms with van der Waals surface area (Å²) >= 11 is 0. The Labute approximate surface area is 113 Å². The van der Waals surface area contributed by atoms with Gasteiger partial charge < -0.3 is 15.2 Å². The first-order valence-electron chi connectivity index (χ1n) is 6.80. The molecule has 4 heteroatoms. The molecule has 4 nitrogen and oxygen atoms in total. The Balaban J connectivity index is 1.99. The molecule has 0 bridgehead atoms. The van der Waals surface area contributed by atoms with Crippen molar-refractivity contribution in [2.75, 3.05) is 19.7 Å². The van der Waals surface area contributed by atoms with E-state index in [2.05, 4.69) is 5.32 Å². The Morgan fingerprint density at radius 1 is 1.42 bits per heavy atom. The average Bonchev–Trinajstić information content (AvgIpc) is 2.38. The van der Waals surface area contributed by atoms with Crippen LogP contribution in [0.4, 0.5) is 0 Å². The summed E-state index contributed by atoms with van der Waals surface area (Å²) in [4.78, 5) is 10.9. The molecule has 0 unspecified atom stereocenters. The molecule has 0 amide bonds. The molecule has 0 spiro atoms. The second-order valence-electron chi connectivity index (χ2n) is 5.19. The lowest BCUT2D eigenvalue weighted by Crippen LogP contribution is -2.30. The lowest BCUT2D eigenvalue weighted by Gasteiger charge is -2.23. The minimum absolute atomic E-state index is 0.0171. The topological polar surface area (TPSA) is 58.6 Å². The van der Waals surface area contributed by atoms with Crippen LogP contribution in [0.3, 0.4) is 0 Å². The van der Waals surface area contributed by atoms with E-state index >= 15 is 0 Å². The minimum atomic E-state index is -0.822. The number of rotatable bonds is 5. The first-order valence-corrected chi connectivity index (χ1v) is 6.80. The second-order valence-corrected chi connectivity index (χ2v) is 5.19. The Kier molecular flexibility index (Phi) is 4.80. The lowest BCUT2D eigenvalue weighted by molar-refractivity contribution is -0.136. The van der Waals surface area contributed by atoms with E-state index in [-0.39, 0.29) is 6.42 Å². The van der Waals surface area contributed by atoms with Crippen LogP contribution in [0, 0.1) is 12.8 Å². The van der Waals surface area contributed by atoms with Crippen molar-refractivity contribution >= 4 is 5.97 Å². The van der Waals surface area contributed by atoms with Crippen LogP contribution in [0.1, 0.15) is 24.0 Å². The quantitative estimate of drug-likeness (QED) is 0.853. The van der Waals surface area contributed by atoms with Gasteiger partial charge in [0.2, 0.25) is 0 Å². The van der Waals surface area contributed by atoms with Crippen molar-refractivity contribution in [3.8, 4) is 5.75 Å². The highest BCUT2D eigenvalue weighted by Crippen LogP contribution is 2.22. The summed E-state index contributed by atoms with van der Waals surface area (Å²) in [6, 6.07) is 5.74. The third-order valence-corrected chi connectivity index (χ3v) is 3.49. The van der Waals surface area contributed by atoms with Gasteiger partial charge in [0.05, 0.1) is 13.0 Å². The summed E-state index contributed by atoms with van der Waals surface area (Å²) in [6.07, 6.45) is 2.27. The number of aryl methyl sites for hydroxylation is 1. The standard InChI is InChI=1S/C15H21NO3/c1-11-2-3-14(13(8-11)9-15(17)18)19-10-12-4-6-16-7-5-12/h2-3,8,12,16H,4-7,9-10H2,1H3,(H,17,18). The maximum absolute atomic E-state index is 10.9. The summed E-state index contributed by atoms with van der Waals surface area (Å²) in [7, 11) is 0. The van der Waals surface area contributed by atoms with Crippen LogP contribution >= 0.6 is 0 Å². The molecule has 2 rings (SSSR count). The van der Waals surface area contributed by atoms with E-state index in [1.807, 2.05) is 25.1 Å². The Bertz CT molecular complexity index is 439. The van der Waals surface area contributed by atoms with Gasteiger partial charge in [-0.05, 0) is 44.8 Å². The monoisotopic (exact) mass is 263 g/mol. The van der Waals surface area contributed by atoms with E-state index in [0.29, 0.717) is 18.3 Å². The molecule has 0 aliphatic carbocycles. The maximum atomic E-state index is 10.9. The number of carboxylic acids is 1. The van der Waals surface area contributed by atoms with Crippen molar-refractivity contribution in [2.45, 2.75) is 26.2 Å². The maximum Gasteiger partial charge on any atom is 0.307 e. The molecule has 104 valence electrons. The zero-order valence-corrected chi connectivity index (χ0v) is 11.3. The zero-order valence-electron chi connectivity index (χ0n) is 11.3. The first kappa shape index (κ1) is 13.9. The molecule has 0 saturated carbocycles. The van der Waals surface area contributed by atoms with Crippen molar-refractivity contribution in [2.24, 2.45) is 5.92 Å². The van der Waals surface area contributed by atoms with Gasteiger partial charge in [-0.3, -0.25) is 4.79 Å². The minimum Gasteiger partial charge on any atom is -0.493 e. The van der Waals surface area contributed by atoms with Gasteiger partial charge in [-0.25, -0.2) is 0 Å². The van der Waals surface area contributed by atoms with Crippen LogP contribution in [0.25, 0.3) is 0 Å². The van der Waals surface area contributed by atoms with Crippen LogP contribution in [0.5, 0.6) is 5.75 Å². The molecule has 1 heterocycles. The lowest BCUT2D eigenvalue weighted by atomic mass is 9.99. The average molecular weight is 263 g/mol. The summed E-state index contributed by atoms with van der Waals surface area (Å²) in [5, 5.41) is 12.3. The van der Waals surface area contributed by atoms with E-state index in [0.717, 1.165) is 37.1 Å². The van der Waals surface area contributed by atoms with E-state index in [1.54, 1.807) is 0 Å². The van der Waals surface area contributed by atoms with Crippen molar-refractivity contribution in [1.82, 2.24) is 5.32 Å². The second kappa shape index (κ2) is 6.57. The van der Waals surface area contributed by atoms with Gasteiger partial charge in [-0.1, -0.05) is 17.7 Å². The number of benzene rings is 1. The summed E-state index contributed by atoms with van der Waals surface area (Å²) in [5.41, 5.74) is 1.83. The Morgan fingerprint density at radius 2 is 2.16 bits per heavy atom. The number of nitrogens with one attached hydrogen (secondary N) is 1. The third kappa shape index (κ3) is 4.24. The fraction of sp³-hybridized carbons (Fsp3) is 0.533. The fourth-order valence-corrected chi connectivity index (χ4v) is 2.41. The van der Waals surface area contributed by atoms with Gasteiger partial charge >= 0.3 is 5.97 Å². The van der Waals surface area contributed by atoms with Crippen molar-refractivity contribution in [3.63, 3.8) is 0 Å². The summed E-state index contributed by atoms with van der Waals surface area (Å²) in [6.45, 7) is 4.73. The predicted molar refractivity (Wildman–Crippen MR) is 73.6 cm³/mol. The van der Waals surface area contributed by atoms with Gasteiger partial charge in [-0.2, -0.15) is 0 Å². The summed E-state index contributed by atoms with van der Waals surface area (Å²) < 4.78 is 5.84. The molecule has 19 heavy (non-hydrogen) atoms. The molecular weight excluding hydrogens is 242 g/mol. The van der Waals surface area contributed by atoms with E-state index < -0.39 is 5.97 Å². The van der Waals surface area contributed by atoms with Gasteiger partial charge in [0.1, 0.15) is 5.75 Å². The Morgan fingerprint density at radius 3 is 2.84 bits per heavy atom. The number of piperidine rings is 1. The number of carboxylic acid groups (broad SMARTS) is 1. The molecule has 1 aliphatic rings. The molecule has 1 saturated heterocycles. The number of hydrogen-bond acceptors (Lipinski definition) is 3. The molecule has 1 aromatic carbocycles. The van der Waals surface area contributed by atoms with E-state index in [1.165, 1.54) is 0 Å². The van der Waals surface area contributed by atoms with Gasteiger partial charge in [-0.15, -0.1) is 0 Å². The van der Waals surface area contributed by atoms with Crippen molar-refractivity contribution < 1.29 is 14.6 Å². The van der Waals surface area contributed by atoms with Crippen LogP contribution in [-0.4, -0.2) is 30.8 Å². The predicted octanol–water partition coefficient (Wildman–Crippen LogP) is 2.00. The zero-order chi connectivity index (χ0) is 13.7. The molecule has 0 aromatic heterocycles. The summed E-state index contributed by atoms with van der Waals surface area (Å²) in [5.74, 6) is 0.462. The molecule has 1 fully saturated rings.